The van der Waals surface area contributed by atoms with Crippen LogP contribution < -0.4 is 9.47 Å². The zero-order chi connectivity index (χ0) is 15.8. The molecule has 0 radical (unpaired) electrons. The van der Waals surface area contributed by atoms with E-state index in [4.69, 9.17) is 9.47 Å². The molecule has 4 heteroatoms. The highest BCUT2D eigenvalue weighted by Gasteiger charge is 2.05. The monoisotopic (exact) mass is 408 g/mol. The molecule has 0 bridgehead atoms. The number of ketones is 1. The molecule has 0 aromatic heterocycles. The van der Waals surface area contributed by atoms with E-state index >= 15 is 0 Å². The van der Waals surface area contributed by atoms with Crippen molar-refractivity contribution in [1.82, 2.24) is 0 Å². The summed E-state index contributed by atoms with van der Waals surface area (Å²) in [4.78, 5) is 11.3. The average molecular weight is 408 g/mol. The van der Waals surface area contributed by atoms with E-state index < -0.39 is 0 Å². The minimum atomic E-state index is 0.0870. The lowest BCUT2D eigenvalue weighted by Crippen LogP contribution is -1.98. The van der Waals surface area contributed by atoms with Crippen LogP contribution in [-0.2, 0) is 11.4 Å². The molecule has 3 nitrogen and oxygen atoms in total. The number of allylic oxidation sites excluding steroid dienone is 1. The number of benzene rings is 2. The van der Waals surface area contributed by atoms with E-state index in [2.05, 4.69) is 0 Å². The molecule has 0 N–H and O–H groups in total. The number of carbonyl (C=O) groups excluding carboxylic acids is 1. The van der Waals surface area contributed by atoms with E-state index in [-0.39, 0.29) is 5.78 Å². The maximum atomic E-state index is 11.3. The smallest absolute Gasteiger partial charge is 0.165 e. The molecular weight excluding hydrogens is 391 g/mol. The van der Waals surface area contributed by atoms with E-state index in [0.29, 0.717) is 22.5 Å². The summed E-state index contributed by atoms with van der Waals surface area (Å²) < 4.78 is 11.6. The van der Waals surface area contributed by atoms with Crippen LogP contribution in [-0.4, -0.2) is 17.3 Å². The Morgan fingerprint density at radius 3 is 2.59 bits per heavy atom. The van der Waals surface area contributed by atoms with Crippen LogP contribution in [0.25, 0.3) is 6.08 Å². The van der Waals surface area contributed by atoms with Crippen molar-refractivity contribution in [3.05, 3.63) is 65.7 Å². The van der Waals surface area contributed by atoms with Gasteiger partial charge in [0.05, 0.1) is 11.5 Å². The Bertz CT molecular complexity index is 651. The third kappa shape index (κ3) is 4.87. The fraction of sp³-hybridized carbons (Fsp3) is 0.167. The van der Waals surface area contributed by atoms with Crippen LogP contribution in [0, 0.1) is 0 Å². The Morgan fingerprint density at radius 1 is 1.14 bits per heavy atom. The molecule has 0 spiro atoms. The fourth-order valence-electron chi connectivity index (χ4n) is 1.88. The van der Waals surface area contributed by atoms with Gasteiger partial charge in [0.25, 0.3) is 0 Å². The van der Waals surface area contributed by atoms with Gasteiger partial charge in [-0.2, -0.15) is 0 Å². The van der Waals surface area contributed by atoms with Crippen molar-refractivity contribution in [2.45, 2.75) is 6.61 Å². The molecule has 0 saturated heterocycles. The van der Waals surface area contributed by atoms with E-state index in [1.807, 2.05) is 71.1 Å². The highest BCUT2D eigenvalue weighted by Crippen LogP contribution is 2.29. The summed E-state index contributed by atoms with van der Waals surface area (Å²) in [6.45, 7) is 0.486. The van der Waals surface area contributed by atoms with Crippen LogP contribution in [0.5, 0.6) is 11.5 Å². The lowest BCUT2D eigenvalue weighted by molar-refractivity contribution is -0.112. The van der Waals surface area contributed by atoms with Crippen LogP contribution >= 0.6 is 22.6 Å². The van der Waals surface area contributed by atoms with Crippen LogP contribution in [0.1, 0.15) is 11.1 Å². The van der Waals surface area contributed by atoms with Crippen molar-refractivity contribution in [2.75, 3.05) is 11.5 Å². The van der Waals surface area contributed by atoms with Crippen LogP contribution in [0.3, 0.4) is 0 Å². The molecule has 22 heavy (non-hydrogen) atoms. The van der Waals surface area contributed by atoms with Gasteiger partial charge in [-0.3, -0.25) is 4.79 Å². The molecule has 2 rings (SSSR count). The number of carbonyl (C=O) groups is 1. The van der Waals surface area contributed by atoms with Crippen molar-refractivity contribution >= 4 is 34.5 Å². The van der Waals surface area contributed by atoms with Crippen molar-refractivity contribution in [3.8, 4) is 11.5 Å². The second kappa shape index (κ2) is 8.58. The molecule has 2 aromatic rings. The lowest BCUT2D eigenvalue weighted by Gasteiger charge is -2.11. The summed E-state index contributed by atoms with van der Waals surface area (Å²) in [5.74, 6) is 1.42. The third-order valence-electron chi connectivity index (χ3n) is 3.02. The van der Waals surface area contributed by atoms with Gasteiger partial charge >= 0.3 is 0 Å². The van der Waals surface area contributed by atoms with E-state index in [0.717, 1.165) is 11.1 Å². The van der Waals surface area contributed by atoms with Gasteiger partial charge < -0.3 is 9.47 Å². The first-order chi connectivity index (χ1) is 10.7. The molecule has 0 atom stereocenters. The summed E-state index contributed by atoms with van der Waals surface area (Å²) in [6, 6.07) is 15.6. The third-order valence-corrected chi connectivity index (χ3v) is 3.77. The Kier molecular flexibility index (Phi) is 6.45. The number of methoxy groups -OCH3 is 1. The molecule has 0 heterocycles. The lowest BCUT2D eigenvalue weighted by atomic mass is 10.1. The van der Waals surface area contributed by atoms with Gasteiger partial charge in [0, 0.05) is 0 Å². The van der Waals surface area contributed by atoms with Gasteiger partial charge in [0.1, 0.15) is 6.61 Å². The first-order valence-electron chi connectivity index (χ1n) is 6.84. The molecule has 0 aliphatic carbocycles. The van der Waals surface area contributed by atoms with Crippen molar-refractivity contribution in [3.63, 3.8) is 0 Å². The average Bonchev–Trinajstić information content (AvgIpc) is 2.58. The second-order valence-electron chi connectivity index (χ2n) is 4.62. The maximum absolute atomic E-state index is 11.3. The van der Waals surface area contributed by atoms with Crippen LogP contribution in [0.2, 0.25) is 0 Å². The maximum Gasteiger partial charge on any atom is 0.165 e. The Morgan fingerprint density at radius 2 is 1.91 bits per heavy atom. The molecule has 0 saturated carbocycles. The zero-order valence-corrected chi connectivity index (χ0v) is 14.4. The molecule has 114 valence electrons. The molecule has 0 amide bonds. The van der Waals surface area contributed by atoms with Gasteiger partial charge in [-0.25, -0.2) is 0 Å². The number of alkyl halides is 1. The molecule has 0 aliphatic heterocycles. The van der Waals surface area contributed by atoms with E-state index in [9.17, 15) is 4.79 Å². The largest absolute Gasteiger partial charge is 0.493 e. The van der Waals surface area contributed by atoms with E-state index in [1.165, 1.54) is 0 Å². The minimum Gasteiger partial charge on any atom is -0.493 e. The fourth-order valence-corrected chi connectivity index (χ4v) is 2.13. The summed E-state index contributed by atoms with van der Waals surface area (Å²) in [6.07, 6.45) is 3.36. The highest BCUT2D eigenvalue weighted by atomic mass is 127. The van der Waals surface area contributed by atoms with Crippen LogP contribution in [0.4, 0.5) is 0 Å². The number of ether oxygens (including phenoxy) is 2. The first-order valence-corrected chi connectivity index (χ1v) is 8.37. The first kappa shape index (κ1) is 16.5. The Hall–Kier alpha value is -1.82. The SMILES string of the molecule is COc1cc(/C=C/C(=O)CI)ccc1OCc1ccccc1. The Balaban J connectivity index is 2.09. The number of rotatable bonds is 7. The van der Waals surface area contributed by atoms with Gasteiger partial charge in [0.2, 0.25) is 0 Å². The molecular formula is C18H17IO3. The molecule has 2 aromatic carbocycles. The number of halogens is 1. The van der Waals surface area contributed by atoms with Crippen molar-refractivity contribution < 1.29 is 14.3 Å². The van der Waals surface area contributed by atoms with Crippen LogP contribution in [0.15, 0.2) is 54.6 Å². The van der Waals surface area contributed by atoms with Gasteiger partial charge in [0.15, 0.2) is 17.3 Å². The minimum absolute atomic E-state index is 0.0870. The van der Waals surface area contributed by atoms with Crippen molar-refractivity contribution in [1.29, 1.82) is 0 Å². The summed E-state index contributed by atoms with van der Waals surface area (Å²) >= 11 is 2.05. The molecule has 0 fully saturated rings. The predicted octanol–water partition coefficient (Wildman–Crippen LogP) is 4.29. The van der Waals surface area contributed by atoms with Crippen molar-refractivity contribution in [2.24, 2.45) is 0 Å². The summed E-state index contributed by atoms with van der Waals surface area (Å²) in [7, 11) is 1.61. The van der Waals surface area contributed by atoms with Gasteiger partial charge in [-0.15, -0.1) is 0 Å². The standard InChI is InChI=1S/C18H17IO3/c1-21-18-11-14(7-9-16(20)12-19)8-10-17(18)22-13-15-5-3-2-4-6-15/h2-11H,12-13H2,1H3/b9-7+. The number of hydrogen-bond acceptors (Lipinski definition) is 3. The second-order valence-corrected chi connectivity index (χ2v) is 5.38. The number of hydrogen-bond donors (Lipinski definition) is 0. The highest BCUT2D eigenvalue weighted by molar-refractivity contribution is 14.1. The normalized spacial score (nSPS) is 10.6. The quantitative estimate of drug-likeness (QED) is 0.390. The van der Waals surface area contributed by atoms with Gasteiger partial charge in [-0.1, -0.05) is 65.1 Å². The van der Waals surface area contributed by atoms with E-state index in [1.54, 1.807) is 19.3 Å². The Labute approximate surface area is 144 Å². The molecule has 0 unspecified atom stereocenters. The topological polar surface area (TPSA) is 35.5 Å². The zero-order valence-electron chi connectivity index (χ0n) is 12.3. The van der Waals surface area contributed by atoms with Gasteiger partial charge in [-0.05, 0) is 29.3 Å². The predicted molar refractivity (Wildman–Crippen MR) is 96.7 cm³/mol. The molecule has 0 aliphatic rings. The summed E-state index contributed by atoms with van der Waals surface area (Å²) in [5, 5.41) is 0. The summed E-state index contributed by atoms with van der Waals surface area (Å²) in [5.41, 5.74) is 2.00.